The Morgan fingerprint density at radius 2 is 1.95 bits per heavy atom. The largest absolute Gasteiger partial charge is 0.395 e. The van der Waals surface area contributed by atoms with Crippen LogP contribution in [0, 0.1) is 0 Å². The molecule has 2 N–H and O–H groups in total. The zero-order valence-corrected chi connectivity index (χ0v) is 12.7. The second-order valence-electron chi connectivity index (χ2n) is 5.45. The molecule has 1 heterocycles. The van der Waals surface area contributed by atoms with E-state index in [-0.39, 0.29) is 12.5 Å². The number of carbonyl (C=O) groups is 1. The van der Waals surface area contributed by atoms with Crippen molar-refractivity contribution in [3.63, 3.8) is 0 Å². The van der Waals surface area contributed by atoms with Crippen molar-refractivity contribution in [3.05, 3.63) is 48.2 Å². The van der Waals surface area contributed by atoms with Crippen molar-refractivity contribution in [1.29, 1.82) is 0 Å². The molecule has 1 amide bonds. The lowest BCUT2D eigenvalue weighted by atomic mass is 10.1. The average Bonchev–Trinajstić information content (AvgIpc) is 2.98. The Morgan fingerprint density at radius 1 is 1.14 bits per heavy atom. The molecule has 0 aliphatic rings. The number of aromatic amines is 1. The summed E-state index contributed by atoms with van der Waals surface area (Å²) in [7, 11) is 0. The van der Waals surface area contributed by atoms with Crippen LogP contribution in [0.3, 0.4) is 0 Å². The quantitative estimate of drug-likeness (QED) is 0.760. The van der Waals surface area contributed by atoms with Gasteiger partial charge in [0.15, 0.2) is 0 Å². The fourth-order valence-electron chi connectivity index (χ4n) is 2.88. The average molecular weight is 296 g/mol. The normalized spacial score (nSPS) is 11.2. The number of benzene rings is 2. The second kappa shape index (κ2) is 6.20. The molecule has 4 heteroatoms. The first kappa shape index (κ1) is 14.6. The lowest BCUT2D eigenvalue weighted by Gasteiger charge is -2.20. The molecule has 0 aliphatic heterocycles. The molecular formula is C18H20N2O2. The number of H-pyrrole nitrogens is 1. The van der Waals surface area contributed by atoms with Gasteiger partial charge >= 0.3 is 0 Å². The van der Waals surface area contributed by atoms with Gasteiger partial charge in [0.2, 0.25) is 0 Å². The van der Waals surface area contributed by atoms with Crippen LogP contribution in [0.2, 0.25) is 0 Å². The van der Waals surface area contributed by atoms with E-state index in [0.29, 0.717) is 18.8 Å². The fraction of sp³-hybridized carbons (Fsp3) is 0.278. The minimum Gasteiger partial charge on any atom is -0.395 e. The first-order valence-corrected chi connectivity index (χ1v) is 7.65. The summed E-state index contributed by atoms with van der Waals surface area (Å²) >= 11 is 0. The molecule has 0 atom stereocenters. The number of aromatic nitrogens is 1. The highest BCUT2D eigenvalue weighted by atomic mass is 16.3. The number of carbonyl (C=O) groups excluding carboxylic acids is 1. The monoisotopic (exact) mass is 296 g/mol. The number of rotatable bonds is 5. The minimum atomic E-state index is -0.0591. The van der Waals surface area contributed by atoms with Gasteiger partial charge in [0, 0.05) is 24.0 Å². The van der Waals surface area contributed by atoms with Crippen LogP contribution in [0.4, 0.5) is 0 Å². The highest BCUT2D eigenvalue weighted by Gasteiger charge is 2.17. The van der Waals surface area contributed by atoms with Crippen molar-refractivity contribution in [2.24, 2.45) is 0 Å². The van der Waals surface area contributed by atoms with Crippen molar-refractivity contribution < 1.29 is 9.90 Å². The third-order valence-electron chi connectivity index (χ3n) is 3.91. The summed E-state index contributed by atoms with van der Waals surface area (Å²) in [6, 6.07) is 14.1. The summed E-state index contributed by atoms with van der Waals surface area (Å²) in [6.07, 6.45) is 0.870. The van der Waals surface area contributed by atoms with Crippen LogP contribution >= 0.6 is 0 Å². The molecule has 0 unspecified atom stereocenters. The van der Waals surface area contributed by atoms with E-state index >= 15 is 0 Å². The third-order valence-corrected chi connectivity index (χ3v) is 3.91. The molecule has 3 rings (SSSR count). The number of aliphatic hydroxyl groups is 1. The molecule has 2 aromatic carbocycles. The molecule has 0 aliphatic carbocycles. The van der Waals surface area contributed by atoms with Gasteiger partial charge in [0.25, 0.3) is 5.91 Å². The third kappa shape index (κ3) is 2.57. The van der Waals surface area contributed by atoms with E-state index in [1.54, 1.807) is 4.90 Å². The van der Waals surface area contributed by atoms with E-state index in [1.165, 1.54) is 0 Å². The summed E-state index contributed by atoms with van der Waals surface area (Å²) in [4.78, 5) is 17.5. The number of hydrogen-bond donors (Lipinski definition) is 2. The summed E-state index contributed by atoms with van der Waals surface area (Å²) in [5, 5.41) is 12.5. The summed E-state index contributed by atoms with van der Waals surface area (Å²) < 4.78 is 0. The Labute approximate surface area is 129 Å². The van der Waals surface area contributed by atoms with Crippen LogP contribution in [0.15, 0.2) is 42.5 Å². The highest BCUT2D eigenvalue weighted by Crippen LogP contribution is 2.26. The maximum Gasteiger partial charge on any atom is 0.270 e. The Bertz CT molecular complexity index is 801. The van der Waals surface area contributed by atoms with Gasteiger partial charge in [-0.15, -0.1) is 0 Å². The molecule has 0 saturated heterocycles. The number of nitrogens with zero attached hydrogens (tertiary/aromatic N) is 1. The van der Waals surface area contributed by atoms with Crippen LogP contribution in [0.5, 0.6) is 0 Å². The van der Waals surface area contributed by atoms with E-state index in [9.17, 15) is 4.79 Å². The Kier molecular flexibility index (Phi) is 4.11. The molecule has 0 saturated carbocycles. The Morgan fingerprint density at radius 3 is 2.73 bits per heavy atom. The van der Waals surface area contributed by atoms with Gasteiger partial charge in [-0.1, -0.05) is 37.3 Å². The topological polar surface area (TPSA) is 56.3 Å². The number of fused-ring (bicyclic) bond motifs is 3. The predicted molar refractivity (Wildman–Crippen MR) is 89.1 cm³/mol. The van der Waals surface area contributed by atoms with Crippen LogP contribution in [-0.2, 0) is 0 Å². The zero-order valence-electron chi connectivity index (χ0n) is 12.7. The van der Waals surface area contributed by atoms with Crippen molar-refractivity contribution >= 4 is 27.6 Å². The van der Waals surface area contributed by atoms with E-state index in [0.717, 1.165) is 28.1 Å². The van der Waals surface area contributed by atoms with E-state index in [2.05, 4.69) is 23.2 Å². The van der Waals surface area contributed by atoms with Crippen molar-refractivity contribution in [2.45, 2.75) is 13.3 Å². The standard InChI is InChI=1S/C18H20N2O2/c1-2-9-20(10-11-21)18(22)17-12-15-14-6-4-3-5-13(14)7-8-16(15)19-17/h3-8,12,19,21H,2,9-11H2,1H3. The molecule has 0 spiro atoms. The predicted octanol–water partition coefficient (Wildman–Crippen LogP) is 3.17. The smallest absolute Gasteiger partial charge is 0.270 e. The molecule has 22 heavy (non-hydrogen) atoms. The number of nitrogens with one attached hydrogen (secondary N) is 1. The lowest BCUT2D eigenvalue weighted by molar-refractivity contribution is 0.0717. The number of aliphatic hydroxyl groups excluding tert-OH is 1. The fourth-order valence-corrected chi connectivity index (χ4v) is 2.88. The Balaban J connectivity index is 2.04. The first-order valence-electron chi connectivity index (χ1n) is 7.65. The van der Waals surface area contributed by atoms with E-state index in [1.807, 2.05) is 31.2 Å². The summed E-state index contributed by atoms with van der Waals surface area (Å²) in [5.41, 5.74) is 1.54. The molecule has 4 nitrogen and oxygen atoms in total. The minimum absolute atomic E-state index is 0.0189. The van der Waals surface area contributed by atoms with Crippen LogP contribution in [0.1, 0.15) is 23.8 Å². The van der Waals surface area contributed by atoms with E-state index < -0.39 is 0 Å². The van der Waals surface area contributed by atoms with E-state index in [4.69, 9.17) is 5.11 Å². The molecule has 3 aromatic rings. The molecule has 1 aromatic heterocycles. The zero-order chi connectivity index (χ0) is 15.5. The Hall–Kier alpha value is -2.33. The van der Waals surface area contributed by atoms with Gasteiger partial charge in [-0.25, -0.2) is 0 Å². The maximum atomic E-state index is 12.6. The molecular weight excluding hydrogens is 276 g/mol. The van der Waals surface area contributed by atoms with Crippen molar-refractivity contribution in [1.82, 2.24) is 9.88 Å². The van der Waals surface area contributed by atoms with Crippen molar-refractivity contribution in [2.75, 3.05) is 19.7 Å². The van der Waals surface area contributed by atoms with Gasteiger partial charge in [-0.2, -0.15) is 0 Å². The summed E-state index contributed by atoms with van der Waals surface area (Å²) in [5.74, 6) is -0.0591. The molecule has 0 fully saturated rings. The molecule has 114 valence electrons. The number of hydrogen-bond acceptors (Lipinski definition) is 2. The van der Waals surface area contributed by atoms with Crippen LogP contribution in [0.25, 0.3) is 21.7 Å². The lowest BCUT2D eigenvalue weighted by Crippen LogP contribution is -2.34. The van der Waals surface area contributed by atoms with Crippen LogP contribution < -0.4 is 0 Å². The highest BCUT2D eigenvalue weighted by molar-refractivity contribution is 6.09. The van der Waals surface area contributed by atoms with Crippen LogP contribution in [-0.4, -0.2) is 40.6 Å². The first-order chi connectivity index (χ1) is 10.7. The van der Waals surface area contributed by atoms with Gasteiger partial charge in [-0.05, 0) is 29.3 Å². The second-order valence-corrected chi connectivity index (χ2v) is 5.45. The summed E-state index contributed by atoms with van der Waals surface area (Å²) in [6.45, 7) is 3.02. The van der Waals surface area contributed by atoms with Gasteiger partial charge < -0.3 is 15.0 Å². The molecule has 0 bridgehead atoms. The maximum absolute atomic E-state index is 12.6. The van der Waals surface area contributed by atoms with Gasteiger partial charge in [-0.3, -0.25) is 4.79 Å². The van der Waals surface area contributed by atoms with Gasteiger partial charge in [0.05, 0.1) is 6.61 Å². The number of amides is 1. The molecule has 0 radical (unpaired) electrons. The van der Waals surface area contributed by atoms with Crippen molar-refractivity contribution in [3.8, 4) is 0 Å². The van der Waals surface area contributed by atoms with Gasteiger partial charge in [0.1, 0.15) is 5.69 Å². The SMILES string of the molecule is CCCN(CCO)C(=O)c1cc2c(ccc3ccccc32)[nH]1.